The van der Waals surface area contributed by atoms with Crippen LogP contribution in [0.2, 0.25) is 0 Å². The van der Waals surface area contributed by atoms with Gasteiger partial charge in [-0.15, -0.1) is 0 Å². The highest BCUT2D eigenvalue weighted by molar-refractivity contribution is 5.48. The first-order valence-electron chi connectivity index (χ1n) is 6.01. The minimum absolute atomic E-state index is 0.0930. The molecule has 1 atom stereocenters. The average Bonchev–Trinajstić information content (AvgIpc) is 2.45. The molecule has 1 N–H and O–H groups in total. The van der Waals surface area contributed by atoms with Crippen LogP contribution < -0.4 is 14.8 Å². The fourth-order valence-electron chi connectivity index (χ4n) is 2.21. The lowest BCUT2D eigenvalue weighted by molar-refractivity contribution is -0.495. The minimum atomic E-state index is -1.02. The van der Waals surface area contributed by atoms with Crippen LogP contribution in [-0.4, -0.2) is 30.5 Å². The number of rotatable bonds is 5. The van der Waals surface area contributed by atoms with Gasteiger partial charge in [0.15, 0.2) is 0 Å². The van der Waals surface area contributed by atoms with E-state index in [1.54, 1.807) is 12.1 Å². The van der Waals surface area contributed by atoms with E-state index in [1.165, 1.54) is 20.2 Å². The van der Waals surface area contributed by atoms with Crippen LogP contribution in [0.5, 0.6) is 11.5 Å². The van der Waals surface area contributed by atoms with Crippen LogP contribution in [0.1, 0.15) is 11.5 Å². The smallest absolute Gasteiger partial charge is 0.319 e. The summed E-state index contributed by atoms with van der Waals surface area (Å²) in [6.45, 7) is -0.606. The SMILES string of the molecule is CNC1=C([N+](=O)[O-])[C@H](C[N+](=O)[O-])c2cc(OC)ccc2O1. The van der Waals surface area contributed by atoms with Crippen LogP contribution in [0.25, 0.3) is 0 Å². The standard InChI is InChI=1S/C12H13N3O6/c1-13-12-11(15(18)19)9(6-14(16)17)8-5-7(20-2)3-4-10(8)21-12/h3-5,9,13H,6H2,1-2H3/t9-/m1/s1. The quantitative estimate of drug-likeness (QED) is 0.638. The van der Waals surface area contributed by atoms with Crippen molar-refractivity contribution in [2.75, 3.05) is 20.7 Å². The zero-order valence-corrected chi connectivity index (χ0v) is 11.4. The van der Waals surface area contributed by atoms with Gasteiger partial charge >= 0.3 is 5.70 Å². The summed E-state index contributed by atoms with van der Waals surface area (Å²) in [5.41, 5.74) is -0.00768. The number of hydrogen-bond donors (Lipinski definition) is 1. The van der Waals surface area contributed by atoms with Crippen LogP contribution in [-0.2, 0) is 0 Å². The van der Waals surface area contributed by atoms with Gasteiger partial charge in [-0.2, -0.15) is 0 Å². The summed E-state index contributed by atoms with van der Waals surface area (Å²) >= 11 is 0. The molecule has 0 saturated carbocycles. The average molecular weight is 295 g/mol. The Labute approximate surface area is 119 Å². The summed E-state index contributed by atoms with van der Waals surface area (Å²) in [6.07, 6.45) is 0. The Morgan fingerprint density at radius 2 is 2.10 bits per heavy atom. The Hall–Kier alpha value is -2.84. The molecule has 1 aromatic carbocycles. The topological polar surface area (TPSA) is 117 Å². The van der Waals surface area contributed by atoms with E-state index in [2.05, 4.69) is 5.32 Å². The number of nitro groups is 2. The lowest BCUT2D eigenvalue weighted by Gasteiger charge is -2.23. The number of methoxy groups -OCH3 is 1. The Kier molecular flexibility index (Phi) is 3.92. The molecule has 1 heterocycles. The second-order valence-electron chi connectivity index (χ2n) is 4.30. The summed E-state index contributed by atoms with van der Waals surface area (Å²) < 4.78 is 10.5. The molecule has 0 aromatic heterocycles. The number of nitrogens with one attached hydrogen (secondary N) is 1. The first-order chi connectivity index (χ1) is 9.97. The molecule has 1 aliphatic rings. The summed E-state index contributed by atoms with van der Waals surface area (Å²) in [4.78, 5) is 20.9. The molecular formula is C12H13N3O6. The third-order valence-corrected chi connectivity index (χ3v) is 3.12. The highest BCUT2D eigenvalue weighted by atomic mass is 16.6. The molecule has 21 heavy (non-hydrogen) atoms. The molecule has 9 heteroatoms. The first kappa shape index (κ1) is 14.6. The van der Waals surface area contributed by atoms with Crippen molar-refractivity contribution in [1.82, 2.24) is 5.32 Å². The lowest BCUT2D eigenvalue weighted by Crippen LogP contribution is -2.30. The van der Waals surface area contributed by atoms with Crippen molar-refractivity contribution >= 4 is 0 Å². The summed E-state index contributed by atoms with van der Waals surface area (Å²) in [5.74, 6) is -0.334. The Morgan fingerprint density at radius 1 is 1.38 bits per heavy atom. The van der Waals surface area contributed by atoms with Crippen molar-refractivity contribution < 1.29 is 19.3 Å². The van der Waals surface area contributed by atoms with E-state index in [9.17, 15) is 20.2 Å². The van der Waals surface area contributed by atoms with Crippen molar-refractivity contribution in [2.45, 2.75) is 5.92 Å². The molecule has 0 radical (unpaired) electrons. The summed E-state index contributed by atoms with van der Waals surface area (Å²) in [6, 6.07) is 4.70. The van der Waals surface area contributed by atoms with Crippen LogP contribution in [0.15, 0.2) is 29.8 Å². The number of hydrogen-bond acceptors (Lipinski definition) is 7. The van der Waals surface area contributed by atoms with E-state index in [-0.39, 0.29) is 11.6 Å². The zero-order valence-electron chi connectivity index (χ0n) is 11.4. The first-order valence-corrected chi connectivity index (χ1v) is 6.01. The van der Waals surface area contributed by atoms with E-state index in [0.717, 1.165) is 0 Å². The normalized spacial score (nSPS) is 16.8. The fraction of sp³-hybridized carbons (Fsp3) is 0.333. The van der Waals surface area contributed by atoms with Crippen LogP contribution in [0.3, 0.4) is 0 Å². The molecule has 0 spiro atoms. The molecule has 112 valence electrons. The Bertz CT molecular complexity index is 627. The third-order valence-electron chi connectivity index (χ3n) is 3.12. The van der Waals surface area contributed by atoms with Crippen LogP contribution in [0, 0.1) is 20.2 Å². The maximum absolute atomic E-state index is 11.3. The van der Waals surface area contributed by atoms with Crippen molar-refractivity contribution in [1.29, 1.82) is 0 Å². The maximum Gasteiger partial charge on any atom is 0.319 e. The highest BCUT2D eigenvalue weighted by Crippen LogP contribution is 2.40. The zero-order chi connectivity index (χ0) is 15.6. The van der Waals surface area contributed by atoms with E-state index < -0.39 is 22.3 Å². The second-order valence-corrected chi connectivity index (χ2v) is 4.30. The van der Waals surface area contributed by atoms with Crippen molar-refractivity contribution in [2.24, 2.45) is 0 Å². The van der Waals surface area contributed by atoms with Gasteiger partial charge in [0.25, 0.3) is 5.88 Å². The molecule has 2 rings (SSSR count). The summed E-state index contributed by atoms with van der Waals surface area (Å²) in [7, 11) is 2.90. The number of ether oxygens (including phenoxy) is 2. The van der Waals surface area contributed by atoms with Gasteiger partial charge in [-0.3, -0.25) is 20.2 Å². The van der Waals surface area contributed by atoms with Gasteiger partial charge in [-0.25, -0.2) is 0 Å². The van der Waals surface area contributed by atoms with E-state index in [4.69, 9.17) is 9.47 Å². The maximum atomic E-state index is 11.3. The van der Waals surface area contributed by atoms with E-state index >= 15 is 0 Å². The molecular weight excluding hydrogens is 282 g/mol. The molecule has 0 bridgehead atoms. The monoisotopic (exact) mass is 295 g/mol. The third kappa shape index (κ3) is 2.71. The second kappa shape index (κ2) is 5.65. The van der Waals surface area contributed by atoms with E-state index in [0.29, 0.717) is 17.1 Å². The summed E-state index contributed by atoms with van der Waals surface area (Å²) in [5, 5.41) is 24.7. The van der Waals surface area contributed by atoms with Gasteiger partial charge in [-0.1, -0.05) is 0 Å². The number of benzene rings is 1. The highest BCUT2D eigenvalue weighted by Gasteiger charge is 2.41. The van der Waals surface area contributed by atoms with Gasteiger partial charge < -0.3 is 14.8 Å². The van der Waals surface area contributed by atoms with Crippen molar-refractivity contribution in [3.05, 3.63) is 55.6 Å². The molecule has 0 saturated heterocycles. The van der Waals surface area contributed by atoms with Crippen molar-refractivity contribution in [3.8, 4) is 11.5 Å². The fourth-order valence-corrected chi connectivity index (χ4v) is 2.21. The molecule has 1 aromatic rings. The van der Waals surface area contributed by atoms with Crippen LogP contribution >= 0.6 is 0 Å². The molecule has 0 aliphatic carbocycles. The predicted octanol–water partition coefficient (Wildman–Crippen LogP) is 1.11. The van der Waals surface area contributed by atoms with E-state index in [1.807, 2.05) is 0 Å². The van der Waals surface area contributed by atoms with Gasteiger partial charge in [-0.05, 0) is 18.2 Å². The molecule has 0 fully saturated rings. The number of nitrogens with zero attached hydrogens (tertiary/aromatic N) is 2. The molecule has 0 amide bonds. The van der Waals surface area contributed by atoms with Gasteiger partial charge in [0.05, 0.1) is 12.0 Å². The van der Waals surface area contributed by atoms with Crippen molar-refractivity contribution in [3.63, 3.8) is 0 Å². The lowest BCUT2D eigenvalue weighted by atomic mass is 9.93. The Balaban J connectivity index is 2.60. The van der Waals surface area contributed by atoms with Gasteiger partial charge in [0.1, 0.15) is 17.4 Å². The van der Waals surface area contributed by atoms with Gasteiger partial charge in [0, 0.05) is 17.5 Å². The molecule has 9 nitrogen and oxygen atoms in total. The minimum Gasteiger partial charge on any atom is -0.497 e. The largest absolute Gasteiger partial charge is 0.497 e. The molecule has 1 aliphatic heterocycles. The van der Waals surface area contributed by atoms with Crippen LogP contribution in [0.4, 0.5) is 0 Å². The number of fused-ring (bicyclic) bond motifs is 1. The Morgan fingerprint density at radius 3 is 2.62 bits per heavy atom. The molecule has 0 unspecified atom stereocenters. The van der Waals surface area contributed by atoms with Gasteiger partial charge in [0.2, 0.25) is 6.54 Å². The predicted molar refractivity (Wildman–Crippen MR) is 71.3 cm³/mol.